The topological polar surface area (TPSA) is 51.2 Å². The summed E-state index contributed by atoms with van der Waals surface area (Å²) in [5, 5.41) is 2.85. The number of para-hydroxylation sites is 1. The molecule has 2 aromatic carbocycles. The van der Waals surface area contributed by atoms with Crippen molar-refractivity contribution in [3.8, 4) is 5.75 Å². The second-order valence-corrected chi connectivity index (χ2v) is 5.63. The molecule has 0 saturated heterocycles. The molecule has 4 nitrogen and oxygen atoms in total. The number of carbonyl (C=O) groups is 1. The van der Waals surface area contributed by atoms with E-state index in [2.05, 4.69) is 22.9 Å². The van der Waals surface area contributed by atoms with E-state index in [-0.39, 0.29) is 4.90 Å². The zero-order chi connectivity index (χ0) is 14.8. The van der Waals surface area contributed by atoms with Crippen molar-refractivity contribution in [3.63, 3.8) is 0 Å². The Morgan fingerprint density at radius 2 is 2.05 bits per heavy atom. The molecule has 0 radical (unpaired) electrons. The summed E-state index contributed by atoms with van der Waals surface area (Å²) in [5.41, 5.74) is 0.463. The number of anilines is 1. The molecule has 1 aromatic heterocycles. The molecule has 21 heavy (non-hydrogen) atoms. The molecule has 0 aliphatic rings. The molecule has 0 saturated carbocycles. The quantitative estimate of drug-likeness (QED) is 0.691. The highest BCUT2D eigenvalue weighted by molar-refractivity contribution is 7.80. The van der Waals surface area contributed by atoms with Gasteiger partial charge in [0.15, 0.2) is 5.13 Å². The first-order valence-electron chi connectivity index (χ1n) is 5.95. The molecule has 3 rings (SSSR count). The van der Waals surface area contributed by atoms with Crippen molar-refractivity contribution < 1.29 is 13.9 Å². The molecule has 106 valence electrons. The minimum Gasteiger partial charge on any atom is -0.410 e. The van der Waals surface area contributed by atoms with E-state index in [4.69, 9.17) is 4.74 Å². The number of ether oxygens (including phenoxy) is 1. The van der Waals surface area contributed by atoms with Crippen LogP contribution < -0.4 is 10.1 Å². The van der Waals surface area contributed by atoms with Crippen LogP contribution in [0.1, 0.15) is 0 Å². The molecule has 1 N–H and O–H groups in total. The van der Waals surface area contributed by atoms with Crippen molar-refractivity contribution in [1.29, 1.82) is 0 Å². The molecule has 7 heteroatoms. The van der Waals surface area contributed by atoms with Crippen molar-refractivity contribution in [2.45, 2.75) is 4.90 Å². The van der Waals surface area contributed by atoms with Gasteiger partial charge >= 0.3 is 6.09 Å². The van der Waals surface area contributed by atoms with Crippen molar-refractivity contribution >= 4 is 45.4 Å². The average Bonchev–Trinajstić information content (AvgIpc) is 2.81. The first-order valence-corrected chi connectivity index (χ1v) is 7.21. The Balaban J connectivity index is 1.77. The zero-order valence-electron chi connectivity index (χ0n) is 10.5. The fourth-order valence-electron chi connectivity index (χ4n) is 1.70. The first kappa shape index (κ1) is 13.8. The van der Waals surface area contributed by atoms with E-state index in [1.54, 1.807) is 30.3 Å². The SMILES string of the molecule is O=C(Nc1nc2cc(F)c(S)cc2s1)Oc1ccccc1. The molecule has 0 spiro atoms. The number of amides is 1. The summed E-state index contributed by atoms with van der Waals surface area (Å²) in [6.45, 7) is 0. The van der Waals surface area contributed by atoms with Gasteiger partial charge in [0.1, 0.15) is 11.6 Å². The van der Waals surface area contributed by atoms with Gasteiger partial charge in [-0.2, -0.15) is 0 Å². The van der Waals surface area contributed by atoms with E-state index >= 15 is 0 Å². The van der Waals surface area contributed by atoms with E-state index in [9.17, 15) is 9.18 Å². The fraction of sp³-hybridized carbons (Fsp3) is 0. The van der Waals surface area contributed by atoms with E-state index in [1.165, 1.54) is 17.4 Å². The summed E-state index contributed by atoms with van der Waals surface area (Å²) in [5.74, 6) is -0.0191. The van der Waals surface area contributed by atoms with Crippen LogP contribution in [0.4, 0.5) is 14.3 Å². The van der Waals surface area contributed by atoms with Crippen molar-refractivity contribution in [2.75, 3.05) is 5.32 Å². The number of aromatic nitrogens is 1. The second-order valence-electron chi connectivity index (χ2n) is 4.12. The third-order valence-corrected chi connectivity index (χ3v) is 3.90. The van der Waals surface area contributed by atoms with Gasteiger partial charge in [0, 0.05) is 11.0 Å². The molecular formula is C14H9FN2O2S2. The Bertz CT molecular complexity index is 766. The molecule has 0 bridgehead atoms. The molecule has 0 atom stereocenters. The summed E-state index contributed by atoms with van der Waals surface area (Å²) in [4.78, 5) is 16.1. The van der Waals surface area contributed by atoms with Crippen LogP contribution in [0, 0.1) is 5.82 Å². The average molecular weight is 320 g/mol. The maximum Gasteiger partial charge on any atom is 0.418 e. The lowest BCUT2D eigenvalue weighted by Gasteiger charge is -2.03. The lowest BCUT2D eigenvalue weighted by Crippen LogP contribution is -2.16. The molecule has 0 fully saturated rings. The van der Waals surface area contributed by atoms with Crippen LogP contribution in [0.25, 0.3) is 10.2 Å². The summed E-state index contributed by atoms with van der Waals surface area (Å²) >= 11 is 5.23. The Labute approximate surface area is 129 Å². The Kier molecular flexibility index (Phi) is 3.76. The van der Waals surface area contributed by atoms with Gasteiger partial charge in [-0.1, -0.05) is 29.5 Å². The van der Waals surface area contributed by atoms with Gasteiger partial charge in [0.05, 0.1) is 10.2 Å². The molecule has 0 unspecified atom stereocenters. The van der Waals surface area contributed by atoms with Crippen molar-refractivity contribution in [1.82, 2.24) is 4.98 Å². The molecule has 1 amide bonds. The van der Waals surface area contributed by atoms with Crippen LogP contribution in [-0.4, -0.2) is 11.1 Å². The van der Waals surface area contributed by atoms with E-state index in [1.807, 2.05) is 6.07 Å². The van der Waals surface area contributed by atoms with E-state index in [0.717, 1.165) is 4.70 Å². The number of fused-ring (bicyclic) bond motifs is 1. The maximum absolute atomic E-state index is 13.4. The standard InChI is InChI=1S/C14H9FN2O2S2/c15-9-6-10-12(7-11(9)20)21-13(16-10)17-14(18)19-8-4-2-1-3-5-8/h1-7,20H,(H,16,17,18). The molecule has 1 heterocycles. The summed E-state index contributed by atoms with van der Waals surface area (Å²) in [6, 6.07) is 11.5. The number of benzene rings is 2. The lowest BCUT2D eigenvalue weighted by atomic mass is 10.3. The fourth-order valence-corrected chi connectivity index (χ4v) is 2.85. The monoisotopic (exact) mass is 320 g/mol. The number of carbonyl (C=O) groups excluding carboxylic acids is 1. The number of thiol groups is 1. The number of rotatable bonds is 2. The first-order chi connectivity index (χ1) is 10.1. The Hall–Kier alpha value is -2.12. The number of halogens is 1. The number of hydrogen-bond donors (Lipinski definition) is 2. The van der Waals surface area contributed by atoms with Crippen LogP contribution in [0.3, 0.4) is 0 Å². The Morgan fingerprint density at radius 3 is 2.81 bits per heavy atom. The highest BCUT2D eigenvalue weighted by Crippen LogP contribution is 2.29. The third-order valence-electron chi connectivity index (χ3n) is 2.62. The number of hydrogen-bond acceptors (Lipinski definition) is 5. The summed E-state index contributed by atoms with van der Waals surface area (Å²) in [6.07, 6.45) is -0.646. The molecule has 3 aromatic rings. The normalized spacial score (nSPS) is 10.6. The van der Waals surface area contributed by atoms with Crippen LogP contribution in [0.2, 0.25) is 0 Å². The molecular weight excluding hydrogens is 311 g/mol. The van der Waals surface area contributed by atoms with Crippen molar-refractivity contribution in [2.24, 2.45) is 0 Å². The van der Waals surface area contributed by atoms with Gasteiger partial charge in [0.2, 0.25) is 0 Å². The van der Waals surface area contributed by atoms with Gasteiger partial charge in [-0.3, -0.25) is 5.32 Å². The van der Waals surface area contributed by atoms with E-state index < -0.39 is 11.9 Å². The Morgan fingerprint density at radius 1 is 1.29 bits per heavy atom. The molecule has 0 aliphatic heterocycles. The van der Waals surface area contributed by atoms with Gasteiger partial charge in [0.25, 0.3) is 0 Å². The van der Waals surface area contributed by atoms with Crippen molar-refractivity contribution in [3.05, 3.63) is 48.3 Å². The van der Waals surface area contributed by atoms with Gasteiger partial charge in [-0.25, -0.2) is 14.2 Å². The predicted octanol–water partition coefficient (Wildman–Crippen LogP) is 4.34. The second kappa shape index (κ2) is 5.71. The zero-order valence-corrected chi connectivity index (χ0v) is 12.2. The van der Waals surface area contributed by atoms with Crippen LogP contribution >= 0.6 is 24.0 Å². The van der Waals surface area contributed by atoms with Crippen LogP contribution in [-0.2, 0) is 0 Å². The summed E-state index contributed by atoms with van der Waals surface area (Å²) in [7, 11) is 0. The highest BCUT2D eigenvalue weighted by Gasteiger charge is 2.11. The van der Waals surface area contributed by atoms with E-state index in [0.29, 0.717) is 16.4 Å². The van der Waals surface area contributed by atoms with Gasteiger partial charge in [-0.05, 0) is 18.2 Å². The number of thiazole rings is 1. The van der Waals surface area contributed by atoms with Crippen LogP contribution in [0.5, 0.6) is 5.75 Å². The largest absolute Gasteiger partial charge is 0.418 e. The highest BCUT2D eigenvalue weighted by atomic mass is 32.1. The smallest absolute Gasteiger partial charge is 0.410 e. The predicted molar refractivity (Wildman–Crippen MR) is 82.9 cm³/mol. The molecule has 0 aliphatic carbocycles. The maximum atomic E-state index is 13.4. The van der Waals surface area contributed by atoms with Crippen LogP contribution in [0.15, 0.2) is 47.4 Å². The van der Waals surface area contributed by atoms with Gasteiger partial charge < -0.3 is 4.74 Å². The minimum atomic E-state index is -0.646. The lowest BCUT2D eigenvalue weighted by molar-refractivity contribution is 0.215. The van der Waals surface area contributed by atoms with Gasteiger partial charge in [-0.15, -0.1) is 12.6 Å². The minimum absolute atomic E-state index is 0.240. The number of nitrogens with one attached hydrogen (secondary N) is 1. The number of nitrogens with zero attached hydrogens (tertiary/aromatic N) is 1. The third kappa shape index (κ3) is 3.14. The summed E-state index contributed by atoms with van der Waals surface area (Å²) < 4.78 is 19.2.